The van der Waals surface area contributed by atoms with Gasteiger partial charge in [-0.15, -0.1) is 0 Å². The largest absolute Gasteiger partial charge is 0.367 e. The summed E-state index contributed by atoms with van der Waals surface area (Å²) in [6, 6.07) is 4.45. The summed E-state index contributed by atoms with van der Waals surface area (Å²) in [6.45, 7) is 2.19. The van der Waals surface area contributed by atoms with Crippen LogP contribution >= 0.6 is 0 Å². The van der Waals surface area contributed by atoms with Gasteiger partial charge in [0.05, 0.1) is 0 Å². The van der Waals surface area contributed by atoms with Gasteiger partial charge in [-0.1, -0.05) is 0 Å². The fourth-order valence-electron chi connectivity index (χ4n) is 2.31. The predicted octanol–water partition coefficient (Wildman–Crippen LogP) is 1.58. The molecule has 3 heterocycles. The molecule has 5 nitrogen and oxygen atoms in total. The van der Waals surface area contributed by atoms with Crippen molar-refractivity contribution in [1.82, 2.24) is 20.3 Å². The highest BCUT2D eigenvalue weighted by Crippen LogP contribution is 2.14. The van der Waals surface area contributed by atoms with Crippen LogP contribution in [0.1, 0.15) is 19.3 Å². The number of hydrogen-bond donors (Lipinski definition) is 2. The molecule has 0 aromatic carbocycles. The Bertz CT molecular complexity index is 520. The van der Waals surface area contributed by atoms with Crippen molar-refractivity contribution in [3.05, 3.63) is 24.5 Å². The van der Waals surface area contributed by atoms with Crippen LogP contribution < -0.4 is 10.6 Å². The highest BCUT2D eigenvalue weighted by atomic mass is 15.0. The third kappa shape index (κ3) is 2.56. The van der Waals surface area contributed by atoms with E-state index in [9.17, 15) is 0 Å². The van der Waals surface area contributed by atoms with E-state index in [1.165, 1.54) is 12.8 Å². The minimum atomic E-state index is 0.502. The molecule has 1 fully saturated rings. The zero-order chi connectivity index (χ0) is 12.2. The van der Waals surface area contributed by atoms with E-state index in [0.29, 0.717) is 11.7 Å². The Kier molecular flexibility index (Phi) is 3.32. The second kappa shape index (κ2) is 5.27. The smallest absolute Gasteiger partial charge is 0.180 e. The second-order valence-electron chi connectivity index (χ2n) is 4.62. The molecule has 3 rings (SSSR count). The van der Waals surface area contributed by atoms with Gasteiger partial charge in [-0.25, -0.2) is 9.97 Å². The normalized spacial score (nSPS) is 20.6. The predicted molar refractivity (Wildman–Crippen MR) is 71.5 cm³/mol. The number of anilines is 1. The van der Waals surface area contributed by atoms with Crippen molar-refractivity contribution in [2.45, 2.75) is 25.3 Å². The van der Waals surface area contributed by atoms with Gasteiger partial charge in [0, 0.05) is 18.4 Å². The fraction of sp³-hybridized carbons (Fsp3) is 0.462. The van der Waals surface area contributed by atoms with Gasteiger partial charge in [-0.3, -0.25) is 4.98 Å². The summed E-state index contributed by atoms with van der Waals surface area (Å²) >= 11 is 0. The van der Waals surface area contributed by atoms with E-state index in [0.717, 1.165) is 30.8 Å². The number of hydrogen-bond acceptors (Lipinski definition) is 5. The number of fused-ring (bicyclic) bond motifs is 1. The van der Waals surface area contributed by atoms with Gasteiger partial charge in [0.15, 0.2) is 5.65 Å². The van der Waals surface area contributed by atoms with E-state index < -0.39 is 0 Å². The van der Waals surface area contributed by atoms with Crippen molar-refractivity contribution in [3.63, 3.8) is 0 Å². The average molecular weight is 243 g/mol. The molecule has 1 atom stereocenters. The molecule has 0 amide bonds. The van der Waals surface area contributed by atoms with Gasteiger partial charge in [0.2, 0.25) is 0 Å². The Balaban J connectivity index is 1.77. The maximum Gasteiger partial charge on any atom is 0.180 e. The summed E-state index contributed by atoms with van der Waals surface area (Å²) in [4.78, 5) is 12.9. The number of nitrogens with zero attached hydrogens (tertiary/aromatic N) is 3. The number of aromatic nitrogens is 3. The lowest BCUT2D eigenvalue weighted by atomic mass is 10.1. The Morgan fingerprint density at radius 2 is 2.06 bits per heavy atom. The van der Waals surface area contributed by atoms with Gasteiger partial charge >= 0.3 is 0 Å². The average Bonchev–Trinajstić information content (AvgIpc) is 2.67. The molecule has 2 aromatic heterocycles. The first-order chi connectivity index (χ1) is 8.92. The summed E-state index contributed by atoms with van der Waals surface area (Å²) in [5.41, 5.74) is 1.54. The Hall–Kier alpha value is -1.75. The summed E-state index contributed by atoms with van der Waals surface area (Å²) < 4.78 is 0. The van der Waals surface area contributed by atoms with Crippen LogP contribution in [-0.2, 0) is 0 Å². The van der Waals surface area contributed by atoms with Crippen molar-refractivity contribution in [2.75, 3.05) is 18.4 Å². The molecule has 5 heteroatoms. The Labute approximate surface area is 106 Å². The van der Waals surface area contributed by atoms with Gasteiger partial charge in [0.1, 0.15) is 11.3 Å². The molecule has 18 heavy (non-hydrogen) atoms. The van der Waals surface area contributed by atoms with Crippen LogP contribution in [0.5, 0.6) is 0 Å². The Morgan fingerprint density at radius 1 is 1.11 bits per heavy atom. The standard InChI is InChI=1S/C13H17N5/c1-2-10(5-7-14-6-1)17-12-4-3-11-13(18-12)16-9-8-15-11/h3-4,8-10,14H,1-2,5-7H2,(H,16,17,18). The maximum absolute atomic E-state index is 4.49. The quantitative estimate of drug-likeness (QED) is 0.838. The molecular weight excluding hydrogens is 226 g/mol. The minimum Gasteiger partial charge on any atom is -0.367 e. The molecule has 1 aliphatic rings. The first kappa shape index (κ1) is 11.3. The van der Waals surface area contributed by atoms with Crippen LogP contribution in [-0.4, -0.2) is 34.1 Å². The van der Waals surface area contributed by atoms with E-state index in [1.807, 2.05) is 12.1 Å². The maximum atomic E-state index is 4.49. The zero-order valence-corrected chi connectivity index (χ0v) is 10.3. The summed E-state index contributed by atoms with van der Waals surface area (Å²) in [6.07, 6.45) is 6.90. The van der Waals surface area contributed by atoms with Gasteiger partial charge in [-0.2, -0.15) is 0 Å². The second-order valence-corrected chi connectivity index (χ2v) is 4.62. The molecule has 0 aliphatic carbocycles. The first-order valence-electron chi connectivity index (χ1n) is 6.47. The summed E-state index contributed by atoms with van der Waals surface area (Å²) in [7, 11) is 0. The van der Waals surface area contributed by atoms with Crippen LogP contribution in [0.4, 0.5) is 5.82 Å². The van der Waals surface area contributed by atoms with Crippen LogP contribution in [0.25, 0.3) is 11.2 Å². The first-order valence-corrected chi connectivity index (χ1v) is 6.47. The third-order valence-electron chi connectivity index (χ3n) is 3.26. The number of pyridine rings is 1. The van der Waals surface area contributed by atoms with E-state index in [1.54, 1.807) is 12.4 Å². The molecule has 1 aliphatic heterocycles. The molecule has 94 valence electrons. The zero-order valence-electron chi connectivity index (χ0n) is 10.3. The molecule has 2 N–H and O–H groups in total. The highest BCUT2D eigenvalue weighted by Gasteiger charge is 2.12. The van der Waals surface area contributed by atoms with Crippen molar-refractivity contribution < 1.29 is 0 Å². The van der Waals surface area contributed by atoms with Crippen molar-refractivity contribution in [3.8, 4) is 0 Å². The lowest BCUT2D eigenvalue weighted by molar-refractivity contribution is 0.635. The lowest BCUT2D eigenvalue weighted by Gasteiger charge is -2.16. The topological polar surface area (TPSA) is 62.7 Å². The van der Waals surface area contributed by atoms with Crippen molar-refractivity contribution in [2.24, 2.45) is 0 Å². The molecule has 2 aromatic rings. The van der Waals surface area contributed by atoms with E-state index >= 15 is 0 Å². The fourth-order valence-corrected chi connectivity index (χ4v) is 2.31. The summed E-state index contributed by atoms with van der Waals surface area (Å²) in [5.74, 6) is 0.898. The van der Waals surface area contributed by atoms with Crippen molar-refractivity contribution >= 4 is 17.0 Å². The lowest BCUT2D eigenvalue weighted by Crippen LogP contribution is -2.22. The van der Waals surface area contributed by atoms with Gasteiger partial charge in [-0.05, 0) is 44.5 Å². The highest BCUT2D eigenvalue weighted by molar-refractivity contribution is 5.71. The Morgan fingerprint density at radius 3 is 3.06 bits per heavy atom. The molecule has 0 radical (unpaired) electrons. The SMILES string of the molecule is c1cnc2nc(NC3CCCNCC3)ccc2n1. The van der Waals surface area contributed by atoms with Crippen LogP contribution in [0, 0.1) is 0 Å². The molecule has 0 bridgehead atoms. The molecular formula is C13H17N5. The number of nitrogens with one attached hydrogen (secondary N) is 2. The van der Waals surface area contributed by atoms with E-state index in [-0.39, 0.29) is 0 Å². The van der Waals surface area contributed by atoms with E-state index in [4.69, 9.17) is 0 Å². The molecule has 0 saturated carbocycles. The van der Waals surface area contributed by atoms with Gasteiger partial charge in [0.25, 0.3) is 0 Å². The molecule has 0 spiro atoms. The third-order valence-corrected chi connectivity index (χ3v) is 3.26. The minimum absolute atomic E-state index is 0.502. The molecule has 1 unspecified atom stereocenters. The monoisotopic (exact) mass is 243 g/mol. The van der Waals surface area contributed by atoms with Crippen LogP contribution in [0.3, 0.4) is 0 Å². The van der Waals surface area contributed by atoms with Crippen LogP contribution in [0.2, 0.25) is 0 Å². The van der Waals surface area contributed by atoms with Crippen molar-refractivity contribution in [1.29, 1.82) is 0 Å². The molecule has 1 saturated heterocycles. The van der Waals surface area contributed by atoms with Crippen LogP contribution in [0.15, 0.2) is 24.5 Å². The number of rotatable bonds is 2. The van der Waals surface area contributed by atoms with E-state index in [2.05, 4.69) is 25.6 Å². The van der Waals surface area contributed by atoms with Gasteiger partial charge < -0.3 is 10.6 Å². The summed E-state index contributed by atoms with van der Waals surface area (Å²) in [5, 5.41) is 6.90.